The van der Waals surface area contributed by atoms with Crippen molar-refractivity contribution in [2.45, 2.75) is 61.2 Å². The predicted molar refractivity (Wildman–Crippen MR) is 57.0 cm³/mol. The van der Waals surface area contributed by atoms with Crippen LogP contribution in [0.2, 0.25) is 0 Å². The highest BCUT2D eigenvalue weighted by Gasteiger charge is 2.78. The Kier molecular flexibility index (Phi) is 1.90. The number of hydrogen-bond donors (Lipinski definition) is 1. The fourth-order valence-corrected chi connectivity index (χ4v) is 3.47. The summed E-state index contributed by atoms with van der Waals surface area (Å²) in [6, 6.07) is 0. The molecule has 2 rings (SSSR count). The van der Waals surface area contributed by atoms with Crippen LogP contribution in [0.3, 0.4) is 0 Å². The SMILES string of the molecule is CC1(Cl)C(C)(Cl)[C@@]2(C)O[C@]1(C)C[C@@H]2O. The Bertz CT molecular complexity index is 287. The number of aliphatic hydroxyl groups excluding tert-OH is 1. The van der Waals surface area contributed by atoms with E-state index in [1.54, 1.807) is 0 Å². The minimum absolute atomic E-state index is 0.540. The topological polar surface area (TPSA) is 29.5 Å². The number of ether oxygens (including phenoxy) is 1. The van der Waals surface area contributed by atoms with Crippen molar-refractivity contribution >= 4 is 23.2 Å². The maximum atomic E-state index is 9.94. The molecule has 2 bridgehead atoms. The Morgan fingerprint density at radius 2 is 1.64 bits per heavy atom. The molecule has 14 heavy (non-hydrogen) atoms. The number of rotatable bonds is 0. The molecule has 1 N–H and O–H groups in total. The van der Waals surface area contributed by atoms with E-state index in [4.69, 9.17) is 27.9 Å². The molecule has 2 nitrogen and oxygen atoms in total. The first-order valence-corrected chi connectivity index (χ1v) is 5.60. The molecule has 0 aliphatic carbocycles. The Hall–Kier alpha value is 0.500. The lowest BCUT2D eigenvalue weighted by atomic mass is 9.66. The van der Waals surface area contributed by atoms with E-state index in [2.05, 4.69) is 0 Å². The summed E-state index contributed by atoms with van der Waals surface area (Å²) < 4.78 is 5.88. The van der Waals surface area contributed by atoms with Gasteiger partial charge in [-0.05, 0) is 27.7 Å². The first-order valence-electron chi connectivity index (χ1n) is 4.84. The molecular formula is C10H16Cl2O2. The van der Waals surface area contributed by atoms with Gasteiger partial charge >= 0.3 is 0 Å². The maximum Gasteiger partial charge on any atom is 0.113 e. The Morgan fingerprint density at radius 1 is 1.14 bits per heavy atom. The molecule has 0 spiro atoms. The van der Waals surface area contributed by atoms with Crippen LogP contribution in [0.25, 0.3) is 0 Å². The Labute approximate surface area is 94.5 Å². The van der Waals surface area contributed by atoms with Gasteiger partial charge < -0.3 is 9.84 Å². The molecule has 0 radical (unpaired) electrons. The van der Waals surface area contributed by atoms with E-state index in [-0.39, 0.29) is 0 Å². The van der Waals surface area contributed by atoms with Gasteiger partial charge in [-0.3, -0.25) is 0 Å². The third kappa shape index (κ3) is 0.835. The van der Waals surface area contributed by atoms with Crippen LogP contribution in [0.4, 0.5) is 0 Å². The summed E-state index contributed by atoms with van der Waals surface area (Å²) in [5, 5.41) is 9.94. The number of halogens is 2. The molecule has 2 heterocycles. The lowest BCUT2D eigenvalue weighted by Gasteiger charge is -2.47. The van der Waals surface area contributed by atoms with Crippen molar-refractivity contribution in [3.8, 4) is 0 Å². The quantitative estimate of drug-likeness (QED) is 0.657. The molecule has 4 heteroatoms. The molecule has 0 aromatic carbocycles. The summed E-state index contributed by atoms with van der Waals surface area (Å²) in [7, 11) is 0. The molecule has 0 amide bonds. The van der Waals surface area contributed by atoms with Gasteiger partial charge in [0.2, 0.25) is 0 Å². The van der Waals surface area contributed by atoms with Crippen LogP contribution in [0.15, 0.2) is 0 Å². The van der Waals surface area contributed by atoms with Gasteiger partial charge in [0.15, 0.2) is 0 Å². The van der Waals surface area contributed by atoms with Crippen LogP contribution >= 0.6 is 23.2 Å². The second-order valence-corrected chi connectivity index (χ2v) is 6.68. The Morgan fingerprint density at radius 3 is 1.93 bits per heavy atom. The first kappa shape index (κ1) is 11.0. The average Bonchev–Trinajstić information content (AvgIpc) is 2.28. The molecule has 2 aliphatic rings. The lowest BCUT2D eigenvalue weighted by molar-refractivity contribution is -0.0670. The van der Waals surface area contributed by atoms with Crippen molar-refractivity contribution in [1.29, 1.82) is 0 Å². The van der Waals surface area contributed by atoms with Gasteiger partial charge in [0, 0.05) is 6.42 Å². The second kappa shape index (κ2) is 2.42. The van der Waals surface area contributed by atoms with E-state index in [1.165, 1.54) is 0 Å². The summed E-state index contributed by atoms with van der Waals surface area (Å²) >= 11 is 12.9. The molecule has 0 aromatic rings. The normalized spacial score (nSPS) is 67.5. The van der Waals surface area contributed by atoms with E-state index in [9.17, 15) is 5.11 Å². The predicted octanol–water partition coefficient (Wildman–Crippen LogP) is 2.29. The number of aliphatic hydroxyl groups is 1. The number of hydrogen-bond acceptors (Lipinski definition) is 2. The van der Waals surface area contributed by atoms with Crippen LogP contribution in [0.1, 0.15) is 34.1 Å². The fraction of sp³-hybridized carbons (Fsp3) is 1.00. The summed E-state index contributed by atoms with van der Waals surface area (Å²) in [6.45, 7) is 7.49. The molecule has 2 aliphatic heterocycles. The summed E-state index contributed by atoms with van der Waals surface area (Å²) in [5.74, 6) is 0. The molecule has 82 valence electrons. The zero-order chi connectivity index (χ0) is 11.0. The zero-order valence-electron chi connectivity index (χ0n) is 8.90. The molecule has 0 aromatic heterocycles. The van der Waals surface area contributed by atoms with Gasteiger partial charge in [-0.15, -0.1) is 23.2 Å². The highest BCUT2D eigenvalue weighted by atomic mass is 35.5. The van der Waals surface area contributed by atoms with Crippen LogP contribution in [-0.4, -0.2) is 32.2 Å². The number of alkyl halides is 2. The first-order chi connectivity index (χ1) is 6.08. The molecule has 0 saturated carbocycles. The average molecular weight is 239 g/mol. The minimum Gasteiger partial charge on any atom is -0.390 e. The smallest absolute Gasteiger partial charge is 0.113 e. The minimum atomic E-state index is -0.756. The van der Waals surface area contributed by atoms with Crippen molar-refractivity contribution in [1.82, 2.24) is 0 Å². The Balaban J connectivity index is 2.58. The van der Waals surface area contributed by atoms with Crippen LogP contribution in [-0.2, 0) is 4.74 Å². The van der Waals surface area contributed by atoms with Gasteiger partial charge in [-0.25, -0.2) is 0 Å². The van der Waals surface area contributed by atoms with E-state index >= 15 is 0 Å². The van der Waals surface area contributed by atoms with Crippen molar-refractivity contribution < 1.29 is 9.84 Å². The molecular weight excluding hydrogens is 223 g/mol. The molecule has 2 saturated heterocycles. The van der Waals surface area contributed by atoms with E-state index in [1.807, 2.05) is 27.7 Å². The fourth-order valence-electron chi connectivity index (χ4n) is 2.80. The van der Waals surface area contributed by atoms with Crippen LogP contribution < -0.4 is 0 Å². The summed E-state index contributed by atoms with van der Waals surface area (Å²) in [4.78, 5) is -1.41. The van der Waals surface area contributed by atoms with Gasteiger partial charge in [-0.2, -0.15) is 0 Å². The third-order valence-corrected chi connectivity index (χ3v) is 6.09. The third-order valence-electron chi connectivity index (χ3n) is 4.46. The standard InChI is InChI=1S/C10H16Cl2O2/c1-7-5-6(13)8(2,14-7)10(4,12)9(7,3)11/h6,13H,5H2,1-4H3/t6-,7+,8-,9?,10?/m0/s1. The lowest BCUT2D eigenvalue weighted by Crippen LogP contribution is -2.63. The van der Waals surface area contributed by atoms with Crippen molar-refractivity contribution in [3.63, 3.8) is 0 Å². The highest BCUT2D eigenvalue weighted by molar-refractivity contribution is 6.36. The molecule has 2 unspecified atom stereocenters. The van der Waals surface area contributed by atoms with Gasteiger partial charge in [0.25, 0.3) is 0 Å². The summed E-state index contributed by atoms with van der Waals surface area (Å²) in [5.41, 5.74) is -1.29. The van der Waals surface area contributed by atoms with E-state index in [0.29, 0.717) is 6.42 Å². The summed E-state index contributed by atoms with van der Waals surface area (Å²) in [6.07, 6.45) is 0.00745. The second-order valence-electron chi connectivity index (χ2n) is 5.17. The number of fused-ring (bicyclic) bond motifs is 2. The maximum absolute atomic E-state index is 9.94. The highest BCUT2D eigenvalue weighted by Crippen LogP contribution is 2.66. The van der Waals surface area contributed by atoms with Crippen LogP contribution in [0, 0.1) is 0 Å². The molecule has 5 atom stereocenters. The van der Waals surface area contributed by atoms with Gasteiger partial charge in [0.1, 0.15) is 5.60 Å². The van der Waals surface area contributed by atoms with Crippen molar-refractivity contribution in [3.05, 3.63) is 0 Å². The van der Waals surface area contributed by atoms with Crippen LogP contribution in [0.5, 0.6) is 0 Å². The monoisotopic (exact) mass is 238 g/mol. The van der Waals surface area contributed by atoms with Crippen molar-refractivity contribution in [2.24, 2.45) is 0 Å². The van der Waals surface area contributed by atoms with E-state index < -0.39 is 27.1 Å². The van der Waals surface area contributed by atoms with Gasteiger partial charge in [-0.1, -0.05) is 0 Å². The van der Waals surface area contributed by atoms with E-state index in [0.717, 1.165) is 0 Å². The van der Waals surface area contributed by atoms with Gasteiger partial charge in [0.05, 0.1) is 21.5 Å². The molecule has 2 fully saturated rings. The van der Waals surface area contributed by atoms with Crippen molar-refractivity contribution in [2.75, 3.05) is 0 Å². The zero-order valence-corrected chi connectivity index (χ0v) is 10.4. The largest absolute Gasteiger partial charge is 0.390 e.